The lowest BCUT2D eigenvalue weighted by Gasteiger charge is -2.16. The summed E-state index contributed by atoms with van der Waals surface area (Å²) < 4.78 is 0. The molecule has 0 N–H and O–H groups in total. The summed E-state index contributed by atoms with van der Waals surface area (Å²) in [5.41, 5.74) is 0. The second kappa shape index (κ2) is 17.4. The molecule has 14 radical (unpaired) electrons. The zero-order valence-electron chi connectivity index (χ0n) is 17.1. The van der Waals surface area contributed by atoms with Crippen molar-refractivity contribution in [2.45, 2.75) is 48.0 Å². The van der Waals surface area contributed by atoms with Crippen molar-refractivity contribution >= 4 is 0 Å². The van der Waals surface area contributed by atoms with Crippen molar-refractivity contribution in [3.63, 3.8) is 0 Å². The summed E-state index contributed by atoms with van der Waals surface area (Å²) in [5, 5.41) is 0. The van der Waals surface area contributed by atoms with E-state index >= 15 is 0 Å². The molecule has 0 aromatic rings. The molecule has 0 rings (SSSR count). The van der Waals surface area contributed by atoms with Gasteiger partial charge in [-0.1, -0.05) is 41.5 Å². The van der Waals surface area contributed by atoms with Crippen LogP contribution >= 0.6 is 0 Å². The van der Waals surface area contributed by atoms with Crippen molar-refractivity contribution in [3.8, 4) is 0 Å². The first-order chi connectivity index (χ1) is 12.0. The molecule has 0 aliphatic heterocycles. The Bertz CT molecular complexity index is 253. The maximum Gasteiger partial charge on any atom is -0.0312 e. The van der Waals surface area contributed by atoms with Gasteiger partial charge in [0.05, 0.1) is 0 Å². The molecule has 25 heavy (non-hydrogen) atoms. The number of rotatable bonds is 18. The van der Waals surface area contributed by atoms with Gasteiger partial charge >= 0.3 is 0 Å². The summed E-state index contributed by atoms with van der Waals surface area (Å²) >= 11 is 0. The number of hydrogen-bond donors (Lipinski definition) is 0. The maximum absolute atomic E-state index is 2.36. The predicted molar refractivity (Wildman–Crippen MR) is 113 cm³/mol. The van der Waals surface area contributed by atoms with Crippen LogP contribution in [-0.4, -0.2) is 0 Å². The van der Waals surface area contributed by atoms with Crippen molar-refractivity contribution in [2.75, 3.05) is 0 Å². The summed E-state index contributed by atoms with van der Waals surface area (Å²) in [5.74, 6) is 1.95. The first kappa shape index (κ1) is 25.0. The van der Waals surface area contributed by atoms with Gasteiger partial charge in [-0.25, -0.2) is 0 Å². The van der Waals surface area contributed by atoms with Crippen molar-refractivity contribution < 1.29 is 0 Å². The monoisotopic (exact) mass is 338 g/mol. The molecule has 0 aromatic carbocycles. The van der Waals surface area contributed by atoms with Gasteiger partial charge in [0.1, 0.15) is 0 Å². The Morgan fingerprint density at radius 3 is 1.56 bits per heavy atom. The van der Waals surface area contributed by atoms with Gasteiger partial charge < -0.3 is 0 Å². The van der Waals surface area contributed by atoms with E-state index in [-0.39, 0.29) is 0 Å². The molecule has 0 fully saturated rings. The fourth-order valence-electron chi connectivity index (χ4n) is 2.28. The average Bonchev–Trinajstić information content (AvgIpc) is 2.59. The third kappa shape index (κ3) is 15.9. The van der Waals surface area contributed by atoms with E-state index in [0.29, 0.717) is 23.7 Å². The van der Waals surface area contributed by atoms with Gasteiger partial charge in [0.15, 0.2) is 0 Å². The summed E-state index contributed by atoms with van der Waals surface area (Å²) in [6, 6.07) is 0. The molecule has 3 atom stereocenters. The van der Waals surface area contributed by atoms with Gasteiger partial charge in [0.2, 0.25) is 0 Å². The zero-order valence-corrected chi connectivity index (χ0v) is 17.1. The minimum absolute atomic E-state index is 0.470. The summed E-state index contributed by atoms with van der Waals surface area (Å²) in [6.07, 6.45) is 32.0. The van der Waals surface area contributed by atoms with Crippen molar-refractivity contribution in [1.82, 2.24) is 0 Å². The van der Waals surface area contributed by atoms with E-state index in [1.165, 1.54) is 0 Å². The van der Waals surface area contributed by atoms with Crippen molar-refractivity contribution in [1.29, 1.82) is 0 Å². The van der Waals surface area contributed by atoms with Gasteiger partial charge in [-0.15, -0.1) is 0 Å². The number of unbranched alkanes of at least 4 members (excludes halogenated alkanes) is 2. The minimum Gasteiger partial charge on any atom is -0.0620 e. The van der Waals surface area contributed by atoms with Crippen LogP contribution in [0.5, 0.6) is 0 Å². The normalized spacial score (nSPS) is 15.5. The van der Waals surface area contributed by atoms with Crippen LogP contribution in [-0.2, 0) is 0 Å². The highest BCUT2D eigenvalue weighted by atomic mass is 14.1. The van der Waals surface area contributed by atoms with E-state index in [1.807, 2.05) is 13.3 Å². The minimum atomic E-state index is 0.470. The smallest absolute Gasteiger partial charge is 0.0312 e. The first-order valence-electron chi connectivity index (χ1n) is 9.61. The topological polar surface area (TPSA) is 0 Å². The van der Waals surface area contributed by atoms with Gasteiger partial charge in [0, 0.05) is 0 Å². The largest absolute Gasteiger partial charge is 0.0620 e. The lowest BCUT2D eigenvalue weighted by atomic mass is 9.89. The van der Waals surface area contributed by atoms with Gasteiger partial charge in [-0.05, 0) is 120 Å². The van der Waals surface area contributed by atoms with Gasteiger partial charge in [-0.2, -0.15) is 0 Å². The standard InChI is InChI=1S/C25H38/c1-7-10-11-15-22(4)16-12-17-23(5)18-13-19-24(6)20-14-21-25(8-2)9-3/h7-12,14-25H,13H2,1-6H3/t22-,23-,24-/m1/s1. The van der Waals surface area contributed by atoms with E-state index in [1.54, 1.807) is 0 Å². The third-order valence-electron chi connectivity index (χ3n) is 4.08. The second-order valence-corrected chi connectivity index (χ2v) is 6.59. The molecular weight excluding hydrogens is 300 g/mol. The van der Waals surface area contributed by atoms with Crippen LogP contribution in [0.15, 0.2) is 0 Å². The van der Waals surface area contributed by atoms with E-state index in [4.69, 9.17) is 0 Å². The van der Waals surface area contributed by atoms with Crippen LogP contribution in [0.2, 0.25) is 0 Å². The highest BCUT2D eigenvalue weighted by Gasteiger charge is 2.10. The Labute approximate surface area is 161 Å². The molecule has 0 heteroatoms. The average molecular weight is 339 g/mol. The number of hydrogen-bond acceptors (Lipinski definition) is 0. The predicted octanol–water partition coefficient (Wildman–Crippen LogP) is 6.82. The molecule has 0 unspecified atom stereocenters. The van der Waals surface area contributed by atoms with Crippen LogP contribution in [0.3, 0.4) is 0 Å². The Morgan fingerprint density at radius 1 is 0.560 bits per heavy atom. The molecule has 0 aliphatic rings. The van der Waals surface area contributed by atoms with Crippen molar-refractivity contribution in [3.05, 3.63) is 89.9 Å². The molecule has 0 aromatic heterocycles. The van der Waals surface area contributed by atoms with Crippen LogP contribution in [0.1, 0.15) is 48.0 Å². The third-order valence-corrected chi connectivity index (χ3v) is 4.08. The van der Waals surface area contributed by atoms with Crippen molar-refractivity contribution in [2.24, 2.45) is 23.7 Å². The van der Waals surface area contributed by atoms with Crippen LogP contribution in [0.4, 0.5) is 0 Å². The van der Waals surface area contributed by atoms with Gasteiger partial charge in [-0.3, -0.25) is 0 Å². The van der Waals surface area contributed by atoms with E-state index in [0.717, 1.165) is 6.42 Å². The summed E-state index contributed by atoms with van der Waals surface area (Å²) in [7, 11) is 0. The summed E-state index contributed by atoms with van der Waals surface area (Å²) in [6.45, 7) is 12.9. The Kier molecular flexibility index (Phi) is 17.4. The molecular formula is C25H38. The molecule has 138 valence electrons. The molecule has 0 saturated carbocycles. The molecule has 0 heterocycles. The fourth-order valence-corrected chi connectivity index (χ4v) is 2.28. The van der Waals surface area contributed by atoms with Crippen LogP contribution in [0, 0.1) is 114 Å². The molecule has 0 spiro atoms. The van der Waals surface area contributed by atoms with E-state index in [9.17, 15) is 0 Å². The Hall–Kier alpha value is 0. The molecule has 0 saturated heterocycles. The molecule has 0 bridgehead atoms. The lowest BCUT2D eigenvalue weighted by Crippen LogP contribution is -2.06. The molecule has 0 aliphatic carbocycles. The molecule has 0 nitrogen and oxygen atoms in total. The highest BCUT2D eigenvalue weighted by molar-refractivity contribution is 5.12. The SMILES string of the molecule is C[CH][CH][CH][CH][C@@H](C)[CH][CH][CH][C@@H](C)[CH]C[CH][C@@H](C)[CH][CH][CH]C([CH]C)[CH]C. The lowest BCUT2D eigenvalue weighted by molar-refractivity contribution is 0.688. The highest BCUT2D eigenvalue weighted by Crippen LogP contribution is 2.20. The quantitative estimate of drug-likeness (QED) is 0.240. The second-order valence-electron chi connectivity index (χ2n) is 6.59. The first-order valence-corrected chi connectivity index (χ1v) is 9.61. The van der Waals surface area contributed by atoms with Gasteiger partial charge in [0.25, 0.3) is 0 Å². The van der Waals surface area contributed by atoms with E-state index in [2.05, 4.69) is 118 Å². The Balaban J connectivity index is 3.54. The zero-order chi connectivity index (χ0) is 18.9. The maximum atomic E-state index is 2.36. The Morgan fingerprint density at radius 2 is 1.04 bits per heavy atom. The van der Waals surface area contributed by atoms with E-state index < -0.39 is 0 Å². The fraction of sp³-hybridized carbons (Fsp3) is 0.440. The van der Waals surface area contributed by atoms with Crippen LogP contribution in [0.25, 0.3) is 0 Å². The summed E-state index contributed by atoms with van der Waals surface area (Å²) in [4.78, 5) is 0. The molecule has 0 amide bonds. The van der Waals surface area contributed by atoms with Crippen LogP contribution < -0.4 is 0 Å².